The Kier molecular flexibility index (Phi) is 19.4. The molecule has 10 heterocycles. The summed E-state index contributed by atoms with van der Waals surface area (Å²) in [7, 11) is -8.69. The number of sulfonamides is 2. The molecule has 8 bridgehead atoms. The number of carbonyl (C=O) groups is 5. The van der Waals surface area contributed by atoms with E-state index in [1.165, 1.54) is 12.1 Å². The second-order valence-corrected chi connectivity index (χ2v) is 36.5. The Morgan fingerprint density at radius 2 is 0.938 bits per heavy atom. The van der Waals surface area contributed by atoms with Crippen LogP contribution in [0.5, 0.6) is 0 Å². The molecular weight excluding hydrogens is 1270 g/mol. The quantitative estimate of drug-likeness (QED) is 0.100. The summed E-state index contributed by atoms with van der Waals surface area (Å²) in [5, 5.41) is 15.8. The smallest absolute Gasteiger partial charge is 0.410 e. The average Bonchev–Trinajstić information content (AvgIpc) is 1.57. The lowest BCUT2D eigenvalue weighted by molar-refractivity contribution is -0.125. The van der Waals surface area contributed by atoms with Crippen molar-refractivity contribution < 1.29 is 45.5 Å². The molecule has 12 rings (SSSR count). The van der Waals surface area contributed by atoms with E-state index in [1.54, 1.807) is 53.4 Å². The minimum Gasteiger partial charge on any atom is -0.444 e. The van der Waals surface area contributed by atoms with Crippen LogP contribution in [0.25, 0.3) is 0 Å². The summed E-state index contributed by atoms with van der Waals surface area (Å²) in [6.45, 7) is 31.0. The van der Waals surface area contributed by atoms with Crippen molar-refractivity contribution in [3.8, 4) is 0 Å². The minimum absolute atomic E-state index is 0.00867. The molecule has 7 N–H and O–H groups in total. The maximum Gasteiger partial charge on any atom is 0.410 e. The van der Waals surface area contributed by atoms with Gasteiger partial charge in [-0.15, -0.1) is 0 Å². The SMILES string of the molecule is CC(C)(C)OC(=O)N1CCC2(CC1)CC(NC(=O)C1CC[C@@H]3CN(c4nc(C(C)(C)C)ccc4C(=O)NS(=O)(=O)c4cccc(n4)N1)C(C)(C)C3)C2.CC(C)(C)c1ccc2c(n1)N1C[C@@H](CCC(C(=O)NC3CC4(CCNCC4)C3)Nc3cccc(n3)S(=O)(=O)NC2=O)CC1(C)C. The van der Waals surface area contributed by atoms with Crippen molar-refractivity contribution in [2.24, 2.45) is 22.7 Å². The molecule has 0 radical (unpaired) electrons. The van der Waals surface area contributed by atoms with Gasteiger partial charge in [-0.3, -0.25) is 19.2 Å². The molecule has 4 saturated heterocycles. The molecule has 528 valence electrons. The van der Waals surface area contributed by atoms with Crippen molar-refractivity contribution in [2.45, 2.75) is 242 Å². The highest BCUT2D eigenvalue weighted by atomic mass is 32.2. The third kappa shape index (κ3) is 16.1. The van der Waals surface area contributed by atoms with Gasteiger partial charge in [0.1, 0.15) is 41.0 Å². The molecular formula is C71H102N14O10S2. The van der Waals surface area contributed by atoms with Gasteiger partial charge in [0.15, 0.2) is 10.1 Å². The van der Waals surface area contributed by atoms with Crippen molar-refractivity contribution in [3.63, 3.8) is 0 Å². The Morgan fingerprint density at radius 1 is 0.536 bits per heavy atom. The van der Waals surface area contributed by atoms with Gasteiger partial charge in [0.2, 0.25) is 11.8 Å². The maximum atomic E-state index is 14.0. The summed E-state index contributed by atoms with van der Waals surface area (Å²) < 4.78 is 64.0. The number of pyridine rings is 4. The number of ether oxygens (including phenoxy) is 1. The van der Waals surface area contributed by atoms with Crippen LogP contribution in [0.3, 0.4) is 0 Å². The number of fused-ring (bicyclic) bond motifs is 12. The van der Waals surface area contributed by atoms with Gasteiger partial charge in [-0.2, -0.15) is 16.8 Å². The molecule has 2 aliphatic carbocycles. The number of rotatable bonds is 4. The monoisotopic (exact) mass is 1370 g/mol. The molecule has 97 heavy (non-hydrogen) atoms. The summed E-state index contributed by atoms with van der Waals surface area (Å²) in [5.41, 5.74) is 0.584. The van der Waals surface area contributed by atoms with Crippen LogP contribution >= 0.6 is 0 Å². The van der Waals surface area contributed by atoms with Gasteiger partial charge in [-0.25, -0.2) is 34.2 Å². The molecule has 6 fully saturated rings. The summed E-state index contributed by atoms with van der Waals surface area (Å²) in [4.78, 5) is 92.3. The van der Waals surface area contributed by atoms with Crippen molar-refractivity contribution in [3.05, 3.63) is 83.2 Å². The van der Waals surface area contributed by atoms with E-state index in [1.807, 2.05) is 41.5 Å². The van der Waals surface area contributed by atoms with E-state index in [0.29, 0.717) is 56.1 Å². The maximum absolute atomic E-state index is 14.0. The Bertz CT molecular complexity index is 3890. The van der Waals surface area contributed by atoms with Crippen LogP contribution in [-0.4, -0.2) is 152 Å². The lowest BCUT2D eigenvalue weighted by Crippen LogP contribution is -2.57. The van der Waals surface area contributed by atoms with Crippen molar-refractivity contribution in [2.75, 3.05) is 59.7 Å². The highest BCUT2D eigenvalue weighted by Crippen LogP contribution is 2.51. The highest BCUT2D eigenvalue weighted by molar-refractivity contribution is 7.90. The molecule has 24 nitrogen and oxygen atoms in total. The van der Waals surface area contributed by atoms with Gasteiger partial charge < -0.3 is 46.0 Å². The number of aromatic nitrogens is 4. The molecule has 2 spiro atoms. The predicted molar refractivity (Wildman–Crippen MR) is 372 cm³/mol. The molecule has 2 saturated carbocycles. The molecule has 8 aliphatic rings. The average molecular weight is 1380 g/mol. The van der Waals surface area contributed by atoms with Crippen LogP contribution in [0, 0.1) is 22.7 Å². The number of hydrogen-bond donors (Lipinski definition) is 7. The van der Waals surface area contributed by atoms with Gasteiger partial charge in [0, 0.05) is 71.6 Å². The van der Waals surface area contributed by atoms with E-state index in [-0.39, 0.29) is 102 Å². The van der Waals surface area contributed by atoms with E-state index >= 15 is 0 Å². The standard InChI is InChI=1S/C38H55N7O6S.C33H47N7O4S/c1-35(2,3)28-15-13-26-31(41-28)45-23-24(20-37(45,7)8)12-14-27(40-29-10-9-11-30(42-29)52(49,50)43-32(26)46)33(47)39-25-21-38(22-25)16-18-44(19-17-38)34(48)51-36(4,5)6;1-31(2,3)25-12-10-23-28(37-25)40-20-21(17-32(40,4)5)9-11-24(30(42)35-22-18-33(19-22)13-15-34-16-14-33)36-26-7-6-8-27(38-26)45(43,44)39-29(23)41/h9-11,13,15,24-25,27H,12,14,16-23H2,1-8H3,(H,39,47)(H,40,42)(H,43,46);6-8,10,12,21-22,24,34H,9,11,13-20H2,1-5H3,(H,35,42)(H,36,38)(H,39,41)/t24-,27?;21-,24?/m00/s1. The summed E-state index contributed by atoms with van der Waals surface area (Å²) in [6, 6.07) is 14.9. The summed E-state index contributed by atoms with van der Waals surface area (Å²) in [6.07, 6.45) is 11.6. The number of nitrogens with zero attached hydrogens (tertiary/aromatic N) is 7. The summed E-state index contributed by atoms with van der Waals surface area (Å²) in [5.74, 6) is 0.0865. The topological polar surface area (TPSA) is 308 Å². The molecule has 26 heteroatoms. The zero-order valence-corrected chi connectivity index (χ0v) is 60.5. The second-order valence-electron chi connectivity index (χ2n) is 33.2. The highest BCUT2D eigenvalue weighted by Gasteiger charge is 2.50. The van der Waals surface area contributed by atoms with Crippen LogP contribution in [0.15, 0.2) is 70.7 Å². The number of carbonyl (C=O) groups excluding carboxylic acids is 5. The van der Waals surface area contributed by atoms with E-state index in [4.69, 9.17) is 14.7 Å². The van der Waals surface area contributed by atoms with Gasteiger partial charge >= 0.3 is 6.09 Å². The number of anilines is 4. The Hall–Kier alpha value is -7.19. The fourth-order valence-corrected chi connectivity index (χ4v) is 17.8. The number of nitrogens with one attached hydrogen (secondary N) is 7. The zero-order valence-electron chi connectivity index (χ0n) is 58.9. The van der Waals surface area contributed by atoms with Gasteiger partial charge in [0.25, 0.3) is 31.9 Å². The van der Waals surface area contributed by atoms with Crippen molar-refractivity contribution >= 4 is 73.0 Å². The third-order valence-corrected chi connectivity index (χ3v) is 23.7. The molecule has 4 aromatic heterocycles. The first kappa shape index (κ1) is 71.1. The Labute approximate surface area is 573 Å². The molecule has 2 unspecified atom stereocenters. The van der Waals surface area contributed by atoms with E-state index in [2.05, 4.69) is 104 Å². The van der Waals surface area contributed by atoms with Crippen LogP contribution in [0.1, 0.15) is 212 Å². The van der Waals surface area contributed by atoms with Gasteiger partial charge in [0.05, 0.1) is 11.1 Å². The van der Waals surface area contributed by atoms with Crippen LogP contribution in [0.2, 0.25) is 0 Å². The molecule has 4 atom stereocenters. The van der Waals surface area contributed by atoms with Gasteiger partial charge in [-0.1, -0.05) is 53.7 Å². The normalized spacial score (nSPS) is 25.7. The molecule has 4 aromatic rings. The van der Waals surface area contributed by atoms with E-state index in [9.17, 15) is 40.8 Å². The minimum atomic E-state index is -4.37. The first-order chi connectivity index (χ1) is 45.3. The summed E-state index contributed by atoms with van der Waals surface area (Å²) >= 11 is 0. The Morgan fingerprint density at radius 3 is 1.33 bits per heavy atom. The first-order valence-electron chi connectivity index (χ1n) is 34.8. The number of piperidine rings is 2. The molecule has 5 amide bonds. The Balaban J connectivity index is 0.000000199. The number of hydrogen-bond acceptors (Lipinski definition) is 19. The first-order valence-corrected chi connectivity index (χ1v) is 37.7. The predicted octanol–water partition coefficient (Wildman–Crippen LogP) is 9.09. The molecule has 6 aliphatic heterocycles. The fraction of sp³-hybridized carbons (Fsp3) is 0.648. The van der Waals surface area contributed by atoms with Crippen LogP contribution in [-0.2, 0) is 45.2 Å². The fourth-order valence-electron chi connectivity index (χ4n) is 15.9. The van der Waals surface area contributed by atoms with E-state index in [0.717, 1.165) is 102 Å². The largest absolute Gasteiger partial charge is 0.444 e. The van der Waals surface area contributed by atoms with Gasteiger partial charge in [-0.05, 0) is 223 Å². The van der Waals surface area contributed by atoms with E-state index < -0.39 is 49.5 Å². The zero-order chi connectivity index (χ0) is 70.1. The lowest BCUT2D eigenvalue weighted by Gasteiger charge is -2.52. The number of amides is 5. The van der Waals surface area contributed by atoms with Crippen LogP contribution in [0.4, 0.5) is 28.1 Å². The lowest BCUT2D eigenvalue weighted by atomic mass is 9.60. The van der Waals surface area contributed by atoms with Crippen molar-refractivity contribution in [1.29, 1.82) is 0 Å². The van der Waals surface area contributed by atoms with Crippen molar-refractivity contribution in [1.82, 2.24) is 50.2 Å². The second kappa shape index (κ2) is 26.5. The third-order valence-electron chi connectivity index (χ3n) is 21.2. The van der Waals surface area contributed by atoms with Crippen LogP contribution < -0.4 is 45.8 Å². The number of likely N-dealkylation sites (tertiary alicyclic amines) is 1. The molecule has 0 aromatic carbocycles.